The van der Waals surface area contributed by atoms with E-state index < -0.39 is 22.0 Å². The van der Waals surface area contributed by atoms with Gasteiger partial charge in [0.1, 0.15) is 5.82 Å². The fraction of sp³-hybridized carbons (Fsp3) is 0.278. The molecule has 27 heavy (non-hydrogen) atoms. The number of hydrogen-bond donors (Lipinski definition) is 2. The molecule has 0 radical (unpaired) electrons. The van der Waals surface area contributed by atoms with Crippen molar-refractivity contribution in [3.63, 3.8) is 0 Å². The first-order chi connectivity index (χ1) is 12.8. The number of rotatable bonds is 8. The molecular formula is C18H21FN2O5S. The van der Waals surface area contributed by atoms with Crippen LogP contribution in [-0.2, 0) is 21.4 Å². The predicted molar refractivity (Wildman–Crippen MR) is 97.6 cm³/mol. The molecule has 0 saturated heterocycles. The van der Waals surface area contributed by atoms with Crippen LogP contribution in [0.4, 0.5) is 4.39 Å². The van der Waals surface area contributed by atoms with Crippen LogP contribution in [0.2, 0.25) is 0 Å². The molecule has 0 heterocycles. The maximum atomic E-state index is 12.9. The van der Waals surface area contributed by atoms with Gasteiger partial charge in [0, 0.05) is 12.6 Å². The fourth-order valence-corrected chi connectivity index (χ4v) is 3.50. The molecule has 0 spiro atoms. The average Bonchev–Trinajstić information content (AvgIpc) is 2.66. The Hall–Kier alpha value is -2.65. The van der Waals surface area contributed by atoms with Gasteiger partial charge in [-0.3, -0.25) is 4.79 Å². The van der Waals surface area contributed by atoms with E-state index in [9.17, 15) is 17.6 Å². The zero-order valence-electron chi connectivity index (χ0n) is 15.2. The van der Waals surface area contributed by atoms with E-state index in [2.05, 4.69) is 10.0 Å². The van der Waals surface area contributed by atoms with Crippen molar-refractivity contribution in [2.24, 2.45) is 0 Å². The third-order valence-corrected chi connectivity index (χ3v) is 5.31. The number of carbonyl (C=O) groups excluding carboxylic acids is 1. The first-order valence-electron chi connectivity index (χ1n) is 8.03. The lowest BCUT2D eigenvalue weighted by Gasteiger charge is -2.15. The summed E-state index contributed by atoms with van der Waals surface area (Å²) >= 11 is 0. The summed E-state index contributed by atoms with van der Waals surface area (Å²) in [4.78, 5) is 12.1. The number of benzene rings is 2. The summed E-state index contributed by atoms with van der Waals surface area (Å²) in [7, 11) is -1.11. The summed E-state index contributed by atoms with van der Waals surface area (Å²) in [5, 5.41) is 2.60. The summed E-state index contributed by atoms with van der Waals surface area (Å²) in [6.45, 7) is 1.58. The van der Waals surface area contributed by atoms with Crippen molar-refractivity contribution in [3.05, 3.63) is 53.8 Å². The summed E-state index contributed by atoms with van der Waals surface area (Å²) in [6.07, 6.45) is 0. The van der Waals surface area contributed by atoms with E-state index >= 15 is 0 Å². The van der Waals surface area contributed by atoms with Crippen LogP contribution in [0.15, 0.2) is 47.4 Å². The van der Waals surface area contributed by atoms with Crippen LogP contribution in [-0.4, -0.2) is 34.6 Å². The lowest BCUT2D eigenvalue weighted by atomic mass is 10.2. The standard InChI is InChI=1S/C18H21FN2O5S/c1-12(18(22)20-11-13-4-6-14(19)7-5-13)21-27(23,24)15-8-9-16(25-2)17(10-15)26-3/h4-10,12,21H,11H2,1-3H3,(H,20,22)/t12-/m1/s1. The van der Waals surface area contributed by atoms with E-state index in [0.717, 1.165) is 0 Å². The summed E-state index contributed by atoms with van der Waals surface area (Å²) in [6, 6.07) is 8.75. The lowest BCUT2D eigenvalue weighted by molar-refractivity contribution is -0.122. The van der Waals surface area contributed by atoms with Crippen LogP contribution >= 0.6 is 0 Å². The highest BCUT2D eigenvalue weighted by atomic mass is 32.2. The zero-order chi connectivity index (χ0) is 20.0. The maximum absolute atomic E-state index is 12.9. The maximum Gasteiger partial charge on any atom is 0.241 e. The molecule has 0 saturated carbocycles. The lowest BCUT2D eigenvalue weighted by Crippen LogP contribution is -2.44. The molecule has 0 fully saturated rings. The number of ether oxygens (including phenoxy) is 2. The van der Waals surface area contributed by atoms with Crippen molar-refractivity contribution in [1.29, 1.82) is 0 Å². The molecule has 9 heteroatoms. The Labute approximate surface area is 157 Å². The topological polar surface area (TPSA) is 93.7 Å². The van der Waals surface area contributed by atoms with E-state index in [1.165, 1.54) is 63.6 Å². The second-order valence-corrected chi connectivity index (χ2v) is 7.42. The Kier molecular flexibility index (Phi) is 6.75. The molecule has 1 amide bonds. The van der Waals surface area contributed by atoms with Gasteiger partial charge in [0.15, 0.2) is 11.5 Å². The van der Waals surface area contributed by atoms with Gasteiger partial charge in [-0.15, -0.1) is 0 Å². The minimum absolute atomic E-state index is 0.0571. The number of halogens is 1. The van der Waals surface area contributed by atoms with Crippen molar-refractivity contribution < 1.29 is 27.1 Å². The van der Waals surface area contributed by atoms with Crippen molar-refractivity contribution in [3.8, 4) is 11.5 Å². The number of methoxy groups -OCH3 is 2. The molecule has 0 unspecified atom stereocenters. The van der Waals surface area contributed by atoms with Crippen LogP contribution in [0.3, 0.4) is 0 Å². The zero-order valence-corrected chi connectivity index (χ0v) is 16.0. The smallest absolute Gasteiger partial charge is 0.241 e. The second-order valence-electron chi connectivity index (χ2n) is 5.70. The molecule has 0 bridgehead atoms. The Bertz CT molecular complexity index is 900. The SMILES string of the molecule is COc1ccc(S(=O)(=O)N[C@H](C)C(=O)NCc2ccc(F)cc2)cc1OC. The van der Waals surface area contributed by atoms with Gasteiger partial charge in [0.25, 0.3) is 0 Å². The number of carbonyl (C=O) groups is 1. The normalized spacial score (nSPS) is 12.3. The van der Waals surface area contributed by atoms with E-state index in [-0.39, 0.29) is 23.0 Å². The van der Waals surface area contributed by atoms with E-state index in [4.69, 9.17) is 9.47 Å². The van der Waals surface area contributed by atoms with Gasteiger partial charge in [-0.2, -0.15) is 4.72 Å². The van der Waals surface area contributed by atoms with E-state index in [1.54, 1.807) is 0 Å². The fourth-order valence-electron chi connectivity index (χ4n) is 2.28. The van der Waals surface area contributed by atoms with E-state index in [0.29, 0.717) is 11.3 Å². The largest absolute Gasteiger partial charge is 0.493 e. The molecule has 0 aromatic heterocycles. The molecule has 0 aliphatic heterocycles. The highest BCUT2D eigenvalue weighted by molar-refractivity contribution is 7.89. The van der Waals surface area contributed by atoms with Crippen LogP contribution < -0.4 is 19.5 Å². The van der Waals surface area contributed by atoms with Crippen LogP contribution in [0.1, 0.15) is 12.5 Å². The first kappa shape index (κ1) is 20.7. The van der Waals surface area contributed by atoms with Crippen molar-refractivity contribution >= 4 is 15.9 Å². The van der Waals surface area contributed by atoms with Gasteiger partial charge in [0.05, 0.1) is 25.2 Å². The molecular weight excluding hydrogens is 375 g/mol. The third kappa shape index (κ3) is 5.41. The van der Waals surface area contributed by atoms with Crippen molar-refractivity contribution in [2.75, 3.05) is 14.2 Å². The molecule has 146 valence electrons. The number of sulfonamides is 1. The monoisotopic (exact) mass is 396 g/mol. The van der Waals surface area contributed by atoms with Crippen LogP contribution in [0, 0.1) is 5.82 Å². The minimum Gasteiger partial charge on any atom is -0.493 e. The molecule has 2 rings (SSSR count). The molecule has 2 aromatic carbocycles. The second kappa shape index (κ2) is 8.83. The molecule has 1 atom stereocenters. The third-order valence-electron chi connectivity index (χ3n) is 3.77. The van der Waals surface area contributed by atoms with Crippen molar-refractivity contribution in [1.82, 2.24) is 10.0 Å². The van der Waals surface area contributed by atoms with Gasteiger partial charge < -0.3 is 14.8 Å². The Balaban J connectivity index is 2.03. The number of hydrogen-bond acceptors (Lipinski definition) is 5. The van der Waals surface area contributed by atoms with Gasteiger partial charge in [-0.1, -0.05) is 12.1 Å². The Morgan fingerprint density at radius 1 is 1.07 bits per heavy atom. The molecule has 2 aromatic rings. The predicted octanol–water partition coefficient (Wildman–Crippen LogP) is 1.83. The molecule has 0 aliphatic rings. The summed E-state index contributed by atoms with van der Waals surface area (Å²) < 4.78 is 50.4. The van der Waals surface area contributed by atoms with Crippen LogP contribution in [0.5, 0.6) is 11.5 Å². The quantitative estimate of drug-likeness (QED) is 0.710. The highest BCUT2D eigenvalue weighted by Crippen LogP contribution is 2.29. The van der Waals surface area contributed by atoms with E-state index in [1.807, 2.05) is 0 Å². The highest BCUT2D eigenvalue weighted by Gasteiger charge is 2.23. The first-order valence-corrected chi connectivity index (χ1v) is 9.51. The molecule has 7 nitrogen and oxygen atoms in total. The average molecular weight is 396 g/mol. The van der Waals surface area contributed by atoms with Crippen molar-refractivity contribution in [2.45, 2.75) is 24.4 Å². The summed E-state index contributed by atoms with van der Waals surface area (Å²) in [5.41, 5.74) is 0.694. The van der Waals surface area contributed by atoms with Gasteiger partial charge in [-0.05, 0) is 36.8 Å². The molecule has 0 aliphatic carbocycles. The van der Waals surface area contributed by atoms with Crippen LogP contribution in [0.25, 0.3) is 0 Å². The number of amides is 1. The Morgan fingerprint density at radius 2 is 1.70 bits per heavy atom. The number of nitrogens with one attached hydrogen (secondary N) is 2. The van der Waals surface area contributed by atoms with Gasteiger partial charge >= 0.3 is 0 Å². The van der Waals surface area contributed by atoms with Gasteiger partial charge in [-0.25, -0.2) is 12.8 Å². The van der Waals surface area contributed by atoms with Gasteiger partial charge in [0.2, 0.25) is 15.9 Å². The summed E-state index contributed by atoms with van der Waals surface area (Å²) in [5.74, 6) is -0.236. The minimum atomic E-state index is -3.95. The molecule has 2 N–H and O–H groups in total. The Morgan fingerprint density at radius 3 is 2.30 bits per heavy atom.